The summed E-state index contributed by atoms with van der Waals surface area (Å²) in [5.41, 5.74) is 1.77. The molecule has 1 fully saturated rings. The molecule has 0 unspecified atom stereocenters. The van der Waals surface area contributed by atoms with Gasteiger partial charge in [-0.25, -0.2) is 24.3 Å². The second-order valence-electron chi connectivity index (χ2n) is 8.15. The molecule has 1 saturated heterocycles. The first kappa shape index (κ1) is 21.8. The molecular weight excluding hydrogens is 409 g/mol. The van der Waals surface area contributed by atoms with Gasteiger partial charge >= 0.3 is 0 Å². The lowest BCUT2D eigenvalue weighted by Gasteiger charge is -2.38. The van der Waals surface area contributed by atoms with Gasteiger partial charge in [0.15, 0.2) is 5.82 Å². The topological polar surface area (TPSA) is 81.1 Å². The number of hydrogen-bond donors (Lipinski definition) is 0. The Hall–Kier alpha value is -3.42. The Morgan fingerprint density at radius 2 is 2.00 bits per heavy atom. The van der Waals surface area contributed by atoms with Gasteiger partial charge in [-0.1, -0.05) is 6.92 Å². The van der Waals surface area contributed by atoms with Crippen molar-refractivity contribution < 1.29 is 13.9 Å². The molecule has 0 radical (unpaired) electrons. The zero-order valence-corrected chi connectivity index (χ0v) is 18.2. The van der Waals surface area contributed by atoms with Crippen molar-refractivity contribution in [3.8, 4) is 17.3 Å². The van der Waals surface area contributed by atoms with Gasteiger partial charge in [-0.15, -0.1) is 0 Å². The predicted octanol–water partition coefficient (Wildman–Crippen LogP) is 4.09. The van der Waals surface area contributed by atoms with E-state index in [0.717, 1.165) is 24.7 Å². The molecular formula is C24H26FN5O2. The number of halogens is 1. The van der Waals surface area contributed by atoms with Crippen LogP contribution in [0.15, 0.2) is 48.9 Å². The Kier molecular flexibility index (Phi) is 6.68. The van der Waals surface area contributed by atoms with Crippen LogP contribution in [0.3, 0.4) is 0 Å². The molecule has 1 amide bonds. The van der Waals surface area contributed by atoms with Crippen molar-refractivity contribution in [2.24, 2.45) is 5.92 Å². The monoisotopic (exact) mass is 435 g/mol. The summed E-state index contributed by atoms with van der Waals surface area (Å²) in [6.07, 6.45) is 6.91. The van der Waals surface area contributed by atoms with Gasteiger partial charge in [-0.3, -0.25) is 4.79 Å². The van der Waals surface area contributed by atoms with Crippen molar-refractivity contribution in [3.63, 3.8) is 0 Å². The van der Waals surface area contributed by atoms with E-state index in [1.807, 2.05) is 24.0 Å². The van der Waals surface area contributed by atoms with E-state index in [4.69, 9.17) is 4.74 Å². The highest BCUT2D eigenvalue weighted by atomic mass is 19.1. The maximum atomic E-state index is 13.6. The highest BCUT2D eigenvalue weighted by Gasteiger charge is 2.32. The van der Waals surface area contributed by atoms with Crippen molar-refractivity contribution in [1.82, 2.24) is 24.8 Å². The first-order valence-corrected chi connectivity index (χ1v) is 10.8. The van der Waals surface area contributed by atoms with Crippen LogP contribution in [0, 0.1) is 18.7 Å². The number of pyridine rings is 2. The van der Waals surface area contributed by atoms with Crippen LogP contribution in [0.4, 0.5) is 4.39 Å². The molecule has 8 heteroatoms. The minimum absolute atomic E-state index is 0.0125. The van der Waals surface area contributed by atoms with Crippen molar-refractivity contribution in [2.45, 2.75) is 39.2 Å². The van der Waals surface area contributed by atoms with Gasteiger partial charge in [-0.2, -0.15) is 0 Å². The summed E-state index contributed by atoms with van der Waals surface area (Å²) in [4.78, 5) is 32.7. The first-order chi connectivity index (χ1) is 15.5. The molecule has 1 aliphatic rings. The number of amides is 1. The Labute approximate surface area is 186 Å². The number of aromatic nitrogens is 4. The molecule has 3 aromatic rings. The molecule has 0 spiro atoms. The van der Waals surface area contributed by atoms with Gasteiger partial charge in [0.1, 0.15) is 11.5 Å². The standard InChI is InChI=1S/C24H26FN5O2/c1-16-8-12-30(19(14-16)9-13-32-21-7-5-18(25)15-28-21)24(31)22-20(6-4-17(2)29-22)23-26-10-3-11-27-23/h3-7,10-11,15-16,19H,8-9,12-14H2,1-2H3/t16-,19+/m0/s1. The summed E-state index contributed by atoms with van der Waals surface area (Å²) in [6.45, 7) is 5.11. The van der Waals surface area contributed by atoms with Crippen molar-refractivity contribution in [3.05, 3.63) is 66.1 Å². The van der Waals surface area contributed by atoms with Crippen LogP contribution in [0.1, 0.15) is 42.4 Å². The lowest BCUT2D eigenvalue weighted by molar-refractivity contribution is 0.0515. The fourth-order valence-electron chi connectivity index (χ4n) is 4.01. The van der Waals surface area contributed by atoms with Crippen LogP contribution in [-0.2, 0) is 0 Å². The largest absolute Gasteiger partial charge is 0.478 e. The number of aryl methyl sites for hydroxylation is 1. The van der Waals surface area contributed by atoms with E-state index in [-0.39, 0.29) is 11.9 Å². The van der Waals surface area contributed by atoms with Gasteiger partial charge in [0, 0.05) is 43.2 Å². The van der Waals surface area contributed by atoms with Gasteiger partial charge in [-0.05, 0) is 49.9 Å². The van der Waals surface area contributed by atoms with Gasteiger partial charge in [0.25, 0.3) is 5.91 Å². The maximum absolute atomic E-state index is 13.6. The lowest BCUT2D eigenvalue weighted by atomic mass is 9.90. The third kappa shape index (κ3) is 5.07. The SMILES string of the molecule is Cc1ccc(-c2ncccn2)c(C(=O)N2CC[C@H](C)C[C@H]2CCOc2ccc(F)cn2)n1. The highest BCUT2D eigenvalue weighted by Crippen LogP contribution is 2.28. The number of nitrogens with zero attached hydrogens (tertiary/aromatic N) is 5. The number of rotatable bonds is 6. The van der Waals surface area contributed by atoms with Crippen LogP contribution in [-0.4, -0.2) is 49.9 Å². The van der Waals surface area contributed by atoms with Gasteiger partial charge in [0.2, 0.25) is 5.88 Å². The molecule has 32 heavy (non-hydrogen) atoms. The maximum Gasteiger partial charge on any atom is 0.273 e. The summed E-state index contributed by atoms with van der Waals surface area (Å²) in [5, 5.41) is 0. The fraction of sp³-hybridized carbons (Fsp3) is 0.375. The summed E-state index contributed by atoms with van der Waals surface area (Å²) in [6, 6.07) is 8.29. The summed E-state index contributed by atoms with van der Waals surface area (Å²) in [7, 11) is 0. The third-order valence-corrected chi connectivity index (χ3v) is 5.68. The molecule has 0 aromatic carbocycles. The van der Waals surface area contributed by atoms with Crippen molar-refractivity contribution in [1.29, 1.82) is 0 Å². The number of piperidine rings is 1. The fourth-order valence-corrected chi connectivity index (χ4v) is 4.01. The van der Waals surface area contributed by atoms with E-state index in [1.54, 1.807) is 18.5 Å². The first-order valence-electron chi connectivity index (χ1n) is 10.8. The van der Waals surface area contributed by atoms with Crippen molar-refractivity contribution >= 4 is 5.91 Å². The third-order valence-electron chi connectivity index (χ3n) is 5.68. The summed E-state index contributed by atoms with van der Waals surface area (Å²) in [5.74, 6) is 0.843. The molecule has 0 N–H and O–H groups in total. The molecule has 0 bridgehead atoms. The molecule has 0 saturated carbocycles. The van der Waals surface area contributed by atoms with Crippen LogP contribution in [0.25, 0.3) is 11.4 Å². The smallest absolute Gasteiger partial charge is 0.273 e. The van der Waals surface area contributed by atoms with E-state index in [1.165, 1.54) is 12.1 Å². The molecule has 166 valence electrons. The number of likely N-dealkylation sites (tertiary alicyclic amines) is 1. The van der Waals surface area contributed by atoms with Crippen LogP contribution < -0.4 is 4.74 Å². The zero-order chi connectivity index (χ0) is 22.5. The van der Waals surface area contributed by atoms with Crippen LogP contribution >= 0.6 is 0 Å². The zero-order valence-electron chi connectivity index (χ0n) is 18.2. The van der Waals surface area contributed by atoms with Crippen molar-refractivity contribution in [2.75, 3.05) is 13.2 Å². The van der Waals surface area contributed by atoms with E-state index >= 15 is 0 Å². The Balaban J connectivity index is 1.53. The average Bonchev–Trinajstić information content (AvgIpc) is 2.80. The lowest BCUT2D eigenvalue weighted by Crippen LogP contribution is -2.46. The average molecular weight is 436 g/mol. The second-order valence-corrected chi connectivity index (χ2v) is 8.15. The highest BCUT2D eigenvalue weighted by molar-refractivity contribution is 5.98. The van der Waals surface area contributed by atoms with Crippen LogP contribution in [0.2, 0.25) is 0 Å². The minimum Gasteiger partial charge on any atom is -0.478 e. The van der Waals surface area contributed by atoms with Crippen LogP contribution in [0.5, 0.6) is 5.88 Å². The second kappa shape index (κ2) is 9.80. The number of carbonyl (C=O) groups is 1. The summed E-state index contributed by atoms with van der Waals surface area (Å²) < 4.78 is 18.7. The van der Waals surface area contributed by atoms with Gasteiger partial charge < -0.3 is 9.64 Å². The summed E-state index contributed by atoms with van der Waals surface area (Å²) >= 11 is 0. The van der Waals surface area contributed by atoms with E-state index in [2.05, 4.69) is 26.9 Å². The molecule has 2 atom stereocenters. The molecule has 4 heterocycles. The minimum atomic E-state index is -0.404. The number of hydrogen-bond acceptors (Lipinski definition) is 6. The normalized spacial score (nSPS) is 18.4. The number of carbonyl (C=O) groups excluding carboxylic acids is 1. The Morgan fingerprint density at radius 3 is 2.75 bits per heavy atom. The molecule has 3 aromatic heterocycles. The molecule has 4 rings (SSSR count). The van der Waals surface area contributed by atoms with E-state index in [9.17, 15) is 9.18 Å². The Bertz CT molecular complexity index is 1060. The predicted molar refractivity (Wildman–Crippen MR) is 118 cm³/mol. The van der Waals surface area contributed by atoms with Gasteiger partial charge in [0.05, 0.1) is 18.4 Å². The Morgan fingerprint density at radius 1 is 1.19 bits per heavy atom. The molecule has 1 aliphatic heterocycles. The molecule has 0 aliphatic carbocycles. The molecule has 7 nitrogen and oxygen atoms in total. The van der Waals surface area contributed by atoms with E-state index in [0.29, 0.717) is 48.5 Å². The number of ether oxygens (including phenoxy) is 1. The van der Waals surface area contributed by atoms with E-state index < -0.39 is 5.82 Å². The quantitative estimate of drug-likeness (QED) is 0.580.